The number of rotatable bonds is 8. The quantitative estimate of drug-likeness (QED) is 0.284. The number of hydrogen-bond acceptors (Lipinski definition) is 5. The molecule has 2 aromatic heterocycles. The maximum Gasteiger partial charge on any atom is 0.272 e. The molecule has 3 N–H and O–H groups in total. The number of aryl methyl sites for hydroxylation is 1. The number of aromatic amines is 3. The van der Waals surface area contributed by atoms with Crippen molar-refractivity contribution in [2.24, 2.45) is 0 Å². The lowest BCUT2D eigenvalue weighted by molar-refractivity contribution is 0.103. The molecule has 4 rings (SSSR count). The van der Waals surface area contributed by atoms with Crippen LogP contribution in [0.25, 0.3) is 12.2 Å². The van der Waals surface area contributed by atoms with E-state index in [0.29, 0.717) is 34.1 Å². The van der Waals surface area contributed by atoms with Crippen molar-refractivity contribution in [1.82, 2.24) is 19.9 Å². The Morgan fingerprint density at radius 1 is 1.02 bits per heavy atom. The van der Waals surface area contributed by atoms with Crippen molar-refractivity contribution in [3.8, 4) is 5.75 Å². The second-order valence-electron chi connectivity index (χ2n) is 11.3. The minimum Gasteiger partial charge on any atom is -0.496 e. The zero-order chi connectivity index (χ0) is 29.9. The van der Waals surface area contributed by atoms with Gasteiger partial charge in [0, 0.05) is 16.7 Å². The Morgan fingerprint density at radius 3 is 2.32 bits per heavy atom. The summed E-state index contributed by atoms with van der Waals surface area (Å²) in [6, 6.07) is 11.0. The Morgan fingerprint density at radius 2 is 1.71 bits per heavy atom. The summed E-state index contributed by atoms with van der Waals surface area (Å²) in [5, 5.41) is 0.188. The number of nitrogens with one attached hydrogen (secondary N) is 3. The number of ether oxygens (including phenoxy) is 1. The van der Waals surface area contributed by atoms with Crippen LogP contribution in [-0.4, -0.2) is 32.8 Å². The number of ketones is 1. The molecule has 0 amide bonds. The van der Waals surface area contributed by atoms with Crippen LogP contribution in [0.3, 0.4) is 0 Å². The van der Waals surface area contributed by atoms with Gasteiger partial charge in [-0.25, -0.2) is 4.98 Å². The van der Waals surface area contributed by atoms with Gasteiger partial charge in [0.1, 0.15) is 16.4 Å². The Balaban J connectivity index is 1.76. The molecule has 8 heteroatoms. The first-order valence-corrected chi connectivity index (χ1v) is 13.9. The number of hydrogen-bond donors (Lipinski definition) is 3. The fraction of sp³-hybridized carbons (Fsp3) is 0.333. The Labute approximate surface area is 239 Å². The molecule has 0 aliphatic heterocycles. The highest BCUT2D eigenvalue weighted by Crippen LogP contribution is 2.32. The summed E-state index contributed by atoms with van der Waals surface area (Å²) in [4.78, 5) is 52.3. The van der Waals surface area contributed by atoms with Gasteiger partial charge in [0.05, 0.1) is 24.7 Å². The zero-order valence-corrected chi connectivity index (χ0v) is 24.8. The second-order valence-corrected chi connectivity index (χ2v) is 11.3. The van der Waals surface area contributed by atoms with E-state index in [1.54, 1.807) is 49.9 Å². The highest BCUT2D eigenvalue weighted by atomic mass is 16.5. The number of nitrogens with zero attached hydrogens (tertiary/aromatic N) is 1. The van der Waals surface area contributed by atoms with E-state index in [1.165, 1.54) is 0 Å². The van der Waals surface area contributed by atoms with E-state index in [2.05, 4.69) is 39.8 Å². The van der Waals surface area contributed by atoms with E-state index in [-0.39, 0.29) is 21.9 Å². The van der Waals surface area contributed by atoms with Gasteiger partial charge in [-0.2, -0.15) is 0 Å². The fourth-order valence-electron chi connectivity index (χ4n) is 4.85. The van der Waals surface area contributed by atoms with E-state index in [4.69, 9.17) is 4.74 Å². The Kier molecular flexibility index (Phi) is 8.61. The number of methoxy groups -OCH3 is 1. The average molecular weight is 555 g/mol. The number of carbonyl (C=O) groups is 1. The van der Waals surface area contributed by atoms with Crippen LogP contribution in [-0.2, 0) is 11.8 Å². The third-order valence-electron chi connectivity index (χ3n) is 7.34. The van der Waals surface area contributed by atoms with Gasteiger partial charge < -0.3 is 19.7 Å². The van der Waals surface area contributed by atoms with E-state index in [0.717, 1.165) is 29.7 Å². The van der Waals surface area contributed by atoms with E-state index in [9.17, 15) is 14.4 Å². The third kappa shape index (κ3) is 6.32. The number of carbonyl (C=O) groups excluding carboxylic acids is 1. The normalized spacial score (nSPS) is 13.4. The molecule has 214 valence electrons. The van der Waals surface area contributed by atoms with Crippen LogP contribution in [0.1, 0.15) is 97.9 Å². The summed E-state index contributed by atoms with van der Waals surface area (Å²) in [6.45, 7) is 12.4. The first-order valence-electron chi connectivity index (χ1n) is 13.9. The largest absolute Gasteiger partial charge is 0.496 e. The molecular formula is C33H38N4O4. The van der Waals surface area contributed by atoms with Gasteiger partial charge in [0.15, 0.2) is 5.78 Å². The predicted octanol–water partition coefficient (Wildman–Crippen LogP) is 4.06. The summed E-state index contributed by atoms with van der Waals surface area (Å²) in [5.74, 6) is 0.713. The fourth-order valence-corrected chi connectivity index (χ4v) is 4.85. The van der Waals surface area contributed by atoms with Crippen molar-refractivity contribution in [2.75, 3.05) is 7.11 Å². The number of H-pyrrole nitrogens is 3. The Bertz CT molecular complexity index is 1820. The van der Waals surface area contributed by atoms with E-state index < -0.39 is 11.1 Å². The van der Waals surface area contributed by atoms with Gasteiger partial charge in [-0.15, -0.1) is 0 Å². The summed E-state index contributed by atoms with van der Waals surface area (Å²) in [7, 11) is 1.58. The van der Waals surface area contributed by atoms with Gasteiger partial charge in [-0.3, -0.25) is 14.4 Å². The van der Waals surface area contributed by atoms with Crippen LogP contribution in [0, 0.1) is 0 Å². The highest BCUT2D eigenvalue weighted by molar-refractivity contribution is 6.11. The first kappa shape index (κ1) is 29.5. The molecule has 1 atom stereocenters. The molecule has 0 radical (unpaired) electrons. The summed E-state index contributed by atoms with van der Waals surface area (Å²) >= 11 is 0. The molecule has 0 aliphatic carbocycles. The Hall–Kier alpha value is -4.46. The monoisotopic (exact) mass is 554 g/mol. The molecule has 2 heterocycles. The SMILES string of the molecule is CCc1cc(C(C)CC)cc(C(=O)c2cccc(/C=c3\[nH]c(=O)/c(=C/c4nc[nH]c4C(C)(C)C)[nH]c3=O)c2)c1OC. The van der Waals surface area contributed by atoms with Crippen molar-refractivity contribution in [1.29, 1.82) is 0 Å². The highest BCUT2D eigenvalue weighted by Gasteiger charge is 2.21. The molecule has 2 aromatic carbocycles. The maximum absolute atomic E-state index is 13.7. The van der Waals surface area contributed by atoms with E-state index in [1.807, 2.05) is 33.8 Å². The molecule has 41 heavy (non-hydrogen) atoms. The lowest BCUT2D eigenvalue weighted by Crippen LogP contribution is -2.46. The van der Waals surface area contributed by atoms with Crippen LogP contribution >= 0.6 is 0 Å². The van der Waals surface area contributed by atoms with Gasteiger partial charge in [0.25, 0.3) is 11.1 Å². The lowest BCUT2D eigenvalue weighted by atomic mass is 9.90. The number of aromatic nitrogens is 4. The summed E-state index contributed by atoms with van der Waals surface area (Å²) in [6.07, 6.45) is 6.37. The van der Waals surface area contributed by atoms with Crippen LogP contribution in [0.5, 0.6) is 5.75 Å². The topological polar surface area (TPSA) is 121 Å². The van der Waals surface area contributed by atoms with Gasteiger partial charge >= 0.3 is 0 Å². The van der Waals surface area contributed by atoms with Crippen molar-refractivity contribution < 1.29 is 9.53 Å². The van der Waals surface area contributed by atoms with Gasteiger partial charge in [0.2, 0.25) is 0 Å². The average Bonchev–Trinajstić information content (AvgIpc) is 3.43. The van der Waals surface area contributed by atoms with Crippen LogP contribution in [0.15, 0.2) is 52.3 Å². The van der Waals surface area contributed by atoms with Crippen LogP contribution in [0.2, 0.25) is 0 Å². The van der Waals surface area contributed by atoms with Crippen molar-refractivity contribution >= 4 is 17.9 Å². The lowest BCUT2D eigenvalue weighted by Gasteiger charge is -2.17. The van der Waals surface area contributed by atoms with Crippen LogP contribution in [0.4, 0.5) is 0 Å². The molecule has 8 nitrogen and oxygen atoms in total. The van der Waals surface area contributed by atoms with Gasteiger partial charge in [-0.05, 0) is 59.7 Å². The molecule has 0 bridgehead atoms. The van der Waals surface area contributed by atoms with Crippen molar-refractivity contribution in [3.63, 3.8) is 0 Å². The predicted molar refractivity (Wildman–Crippen MR) is 162 cm³/mol. The molecule has 0 aliphatic rings. The molecule has 0 fully saturated rings. The number of benzene rings is 2. The minimum atomic E-state index is -0.462. The first-order chi connectivity index (χ1) is 19.5. The van der Waals surface area contributed by atoms with Gasteiger partial charge in [-0.1, -0.05) is 65.8 Å². The molecule has 0 spiro atoms. The maximum atomic E-state index is 13.7. The summed E-state index contributed by atoms with van der Waals surface area (Å²) < 4.78 is 5.68. The molecule has 0 saturated heterocycles. The third-order valence-corrected chi connectivity index (χ3v) is 7.34. The smallest absolute Gasteiger partial charge is 0.272 e. The molecule has 4 aromatic rings. The van der Waals surface area contributed by atoms with Crippen molar-refractivity contribution in [2.45, 2.75) is 65.7 Å². The van der Waals surface area contributed by atoms with Crippen LogP contribution < -0.4 is 26.6 Å². The number of imidazole rings is 1. The second kappa shape index (κ2) is 12.0. The standard InChI is InChI=1S/C33H38N4O4/c1-8-19(3)23-15-21(9-2)29(41-7)24(16-23)28(38)22-12-10-11-20(13-22)14-26-31(39)37-27(32(40)36-26)17-25-30(33(4,5)6)35-18-34-25/h10-19H,8-9H2,1-7H3,(H,34,35)(H,36,40)(H,37,39)/b26-14-,27-17-. The zero-order valence-electron chi connectivity index (χ0n) is 24.8. The molecular weight excluding hydrogens is 516 g/mol. The minimum absolute atomic E-state index is 0.0828. The van der Waals surface area contributed by atoms with E-state index >= 15 is 0 Å². The molecule has 0 saturated carbocycles. The van der Waals surface area contributed by atoms with Crippen molar-refractivity contribution in [3.05, 3.63) is 113 Å². The molecule has 1 unspecified atom stereocenters. The summed E-state index contributed by atoms with van der Waals surface area (Å²) in [5.41, 5.74) is 3.96.